The van der Waals surface area contributed by atoms with Crippen LogP contribution in [0.25, 0.3) is 0 Å². The zero-order chi connectivity index (χ0) is 18.9. The summed E-state index contributed by atoms with van der Waals surface area (Å²) in [6.45, 7) is 0.905. The van der Waals surface area contributed by atoms with Gasteiger partial charge in [-0.25, -0.2) is 4.79 Å². The highest BCUT2D eigenvalue weighted by molar-refractivity contribution is 5.74. The van der Waals surface area contributed by atoms with Gasteiger partial charge < -0.3 is 25.0 Å². The first-order chi connectivity index (χ1) is 12.5. The second-order valence-electron chi connectivity index (χ2n) is 6.13. The molecule has 0 aliphatic rings. The fourth-order valence-electron chi connectivity index (χ4n) is 2.70. The van der Waals surface area contributed by atoms with Gasteiger partial charge in [-0.15, -0.1) is 0 Å². The molecule has 2 amide bonds. The first-order valence-electron chi connectivity index (χ1n) is 8.49. The van der Waals surface area contributed by atoms with Gasteiger partial charge in [0, 0.05) is 18.7 Å². The van der Waals surface area contributed by atoms with E-state index in [1.807, 2.05) is 62.6 Å². The second-order valence-corrected chi connectivity index (χ2v) is 6.13. The van der Waals surface area contributed by atoms with Crippen molar-refractivity contribution in [1.82, 2.24) is 15.5 Å². The molecule has 2 aromatic carbocycles. The average Bonchev–Trinajstić information content (AvgIpc) is 2.67. The van der Waals surface area contributed by atoms with Crippen molar-refractivity contribution in [2.45, 2.75) is 12.6 Å². The summed E-state index contributed by atoms with van der Waals surface area (Å²) >= 11 is 0. The zero-order valence-electron chi connectivity index (χ0n) is 15.8. The number of urea groups is 1. The van der Waals surface area contributed by atoms with Crippen molar-refractivity contribution in [3.8, 4) is 11.5 Å². The lowest BCUT2D eigenvalue weighted by atomic mass is 10.1. The van der Waals surface area contributed by atoms with Gasteiger partial charge in [-0.2, -0.15) is 0 Å². The van der Waals surface area contributed by atoms with Crippen molar-refractivity contribution in [2.24, 2.45) is 0 Å². The highest BCUT2D eigenvalue weighted by Gasteiger charge is 2.15. The summed E-state index contributed by atoms with van der Waals surface area (Å²) in [5.41, 5.74) is 2.05. The van der Waals surface area contributed by atoms with E-state index in [4.69, 9.17) is 9.47 Å². The maximum Gasteiger partial charge on any atom is 0.315 e. The van der Waals surface area contributed by atoms with E-state index in [9.17, 15) is 4.79 Å². The summed E-state index contributed by atoms with van der Waals surface area (Å²) < 4.78 is 10.5. The summed E-state index contributed by atoms with van der Waals surface area (Å²) in [5, 5.41) is 5.80. The lowest BCUT2D eigenvalue weighted by molar-refractivity contribution is 0.232. The second kappa shape index (κ2) is 9.68. The Kier molecular flexibility index (Phi) is 7.29. The van der Waals surface area contributed by atoms with Gasteiger partial charge in [0.2, 0.25) is 0 Å². The van der Waals surface area contributed by atoms with Gasteiger partial charge in [0.1, 0.15) is 11.5 Å². The summed E-state index contributed by atoms with van der Waals surface area (Å²) in [4.78, 5) is 14.2. The van der Waals surface area contributed by atoms with Gasteiger partial charge in [0.15, 0.2) is 0 Å². The van der Waals surface area contributed by atoms with Crippen LogP contribution in [0.1, 0.15) is 17.2 Å². The molecule has 0 heterocycles. The topological polar surface area (TPSA) is 62.8 Å². The Balaban J connectivity index is 1.90. The molecule has 6 nitrogen and oxygen atoms in total. The number of nitrogens with zero attached hydrogens (tertiary/aromatic N) is 1. The van der Waals surface area contributed by atoms with Crippen LogP contribution in [0, 0.1) is 0 Å². The lowest BCUT2D eigenvalue weighted by Gasteiger charge is -2.25. The molecule has 2 N–H and O–H groups in total. The quantitative estimate of drug-likeness (QED) is 0.763. The molecule has 0 spiro atoms. The number of para-hydroxylation sites is 1. The van der Waals surface area contributed by atoms with Crippen molar-refractivity contribution >= 4 is 6.03 Å². The Labute approximate surface area is 155 Å². The summed E-state index contributed by atoms with van der Waals surface area (Å²) in [6.07, 6.45) is 0. The largest absolute Gasteiger partial charge is 0.497 e. The van der Waals surface area contributed by atoms with E-state index in [-0.39, 0.29) is 12.1 Å². The molecule has 2 rings (SSSR count). The fourth-order valence-corrected chi connectivity index (χ4v) is 2.70. The van der Waals surface area contributed by atoms with E-state index in [1.165, 1.54) is 0 Å². The predicted octanol–water partition coefficient (Wildman–Crippen LogP) is 2.81. The maximum atomic E-state index is 12.2. The monoisotopic (exact) mass is 357 g/mol. The number of amides is 2. The Morgan fingerprint density at radius 1 is 1.00 bits per heavy atom. The minimum absolute atomic E-state index is 0.0675. The first kappa shape index (κ1) is 19.6. The van der Waals surface area contributed by atoms with Gasteiger partial charge >= 0.3 is 6.03 Å². The van der Waals surface area contributed by atoms with E-state index in [0.29, 0.717) is 13.1 Å². The van der Waals surface area contributed by atoms with Crippen LogP contribution >= 0.6 is 0 Å². The van der Waals surface area contributed by atoms with Crippen molar-refractivity contribution in [3.63, 3.8) is 0 Å². The molecule has 140 valence electrons. The molecule has 0 fully saturated rings. The number of likely N-dealkylation sites (N-methyl/N-ethyl adjacent to an activating group) is 1. The number of hydrogen-bond donors (Lipinski definition) is 2. The van der Waals surface area contributed by atoms with Gasteiger partial charge in [-0.1, -0.05) is 30.3 Å². The number of carbonyl (C=O) groups is 1. The Hall–Kier alpha value is -2.73. The molecule has 0 aliphatic carbocycles. The molecule has 1 atom stereocenters. The number of rotatable bonds is 8. The molecular weight excluding hydrogens is 330 g/mol. The van der Waals surface area contributed by atoms with Crippen LogP contribution in [0.2, 0.25) is 0 Å². The summed E-state index contributed by atoms with van der Waals surface area (Å²) in [5.74, 6) is 1.57. The molecule has 0 aliphatic heterocycles. The number of hydrogen-bond acceptors (Lipinski definition) is 4. The Bertz CT molecular complexity index is 702. The van der Waals surface area contributed by atoms with Crippen LogP contribution < -0.4 is 20.1 Å². The molecule has 0 saturated carbocycles. The molecule has 0 bridgehead atoms. The smallest absolute Gasteiger partial charge is 0.315 e. The third-order valence-electron chi connectivity index (χ3n) is 4.21. The molecule has 6 heteroatoms. The van der Waals surface area contributed by atoms with E-state index in [1.54, 1.807) is 14.2 Å². The van der Waals surface area contributed by atoms with Crippen molar-refractivity contribution < 1.29 is 14.3 Å². The van der Waals surface area contributed by atoms with Crippen molar-refractivity contribution in [1.29, 1.82) is 0 Å². The predicted molar refractivity (Wildman–Crippen MR) is 103 cm³/mol. The van der Waals surface area contributed by atoms with Gasteiger partial charge in [0.25, 0.3) is 0 Å². The number of nitrogens with one attached hydrogen (secondary N) is 2. The van der Waals surface area contributed by atoms with E-state index >= 15 is 0 Å². The molecule has 0 aromatic heterocycles. The van der Waals surface area contributed by atoms with Gasteiger partial charge in [0.05, 0.1) is 20.3 Å². The third-order valence-corrected chi connectivity index (χ3v) is 4.21. The van der Waals surface area contributed by atoms with E-state index in [2.05, 4.69) is 15.5 Å². The molecule has 1 unspecified atom stereocenters. The summed E-state index contributed by atoms with van der Waals surface area (Å²) in [6, 6.07) is 15.4. The summed E-state index contributed by atoms with van der Waals surface area (Å²) in [7, 11) is 7.24. The molecule has 2 aromatic rings. The van der Waals surface area contributed by atoms with Crippen LogP contribution in [0.4, 0.5) is 4.79 Å². The van der Waals surface area contributed by atoms with Crippen LogP contribution in [0.5, 0.6) is 11.5 Å². The number of carbonyl (C=O) groups excluding carboxylic acids is 1. The third kappa shape index (κ3) is 5.39. The highest BCUT2D eigenvalue weighted by Crippen LogP contribution is 2.21. The number of methoxy groups -OCH3 is 2. The normalized spacial score (nSPS) is 11.7. The van der Waals surface area contributed by atoms with Crippen LogP contribution in [0.15, 0.2) is 48.5 Å². The highest BCUT2D eigenvalue weighted by atomic mass is 16.5. The fraction of sp³-hybridized carbons (Fsp3) is 0.350. The van der Waals surface area contributed by atoms with Gasteiger partial charge in [-0.05, 0) is 37.9 Å². The SMILES string of the molecule is COc1ccc(C(CNC(=O)NCc2ccccc2OC)N(C)C)cc1. The number of ether oxygens (including phenoxy) is 2. The first-order valence-corrected chi connectivity index (χ1v) is 8.49. The minimum Gasteiger partial charge on any atom is -0.497 e. The molecule has 0 radical (unpaired) electrons. The van der Waals surface area contributed by atoms with Crippen molar-refractivity contribution in [3.05, 3.63) is 59.7 Å². The molecule has 0 saturated heterocycles. The zero-order valence-corrected chi connectivity index (χ0v) is 15.8. The van der Waals surface area contributed by atoms with Crippen LogP contribution in [-0.2, 0) is 6.54 Å². The lowest BCUT2D eigenvalue weighted by Crippen LogP contribution is -2.40. The number of benzene rings is 2. The Morgan fingerprint density at radius 2 is 1.69 bits per heavy atom. The van der Waals surface area contributed by atoms with E-state index in [0.717, 1.165) is 22.6 Å². The molecule has 26 heavy (non-hydrogen) atoms. The van der Waals surface area contributed by atoms with E-state index < -0.39 is 0 Å². The Morgan fingerprint density at radius 3 is 2.31 bits per heavy atom. The standard InChI is InChI=1S/C20H27N3O3/c1-23(2)18(15-9-11-17(25-3)12-10-15)14-22-20(24)21-13-16-7-5-6-8-19(16)26-4/h5-12,18H,13-14H2,1-4H3,(H2,21,22,24). The minimum atomic E-state index is -0.212. The van der Waals surface area contributed by atoms with Crippen LogP contribution in [-0.4, -0.2) is 45.8 Å². The van der Waals surface area contributed by atoms with Crippen LogP contribution in [0.3, 0.4) is 0 Å². The maximum absolute atomic E-state index is 12.2. The molecular formula is C20H27N3O3. The van der Waals surface area contributed by atoms with Gasteiger partial charge in [-0.3, -0.25) is 0 Å². The van der Waals surface area contributed by atoms with Crippen molar-refractivity contribution in [2.75, 3.05) is 34.9 Å². The average molecular weight is 357 g/mol.